The Morgan fingerprint density at radius 2 is 1.86 bits per heavy atom. The Morgan fingerprint density at radius 3 is 2.55 bits per heavy atom. The van der Waals surface area contributed by atoms with Gasteiger partial charge in [0.05, 0.1) is 5.02 Å². The third kappa shape index (κ3) is 2.33. The number of nitrogens with one attached hydrogen (secondary N) is 1. The fraction of sp³-hybridized carbons (Fsp3) is 0.294. The molecule has 114 valence electrons. The van der Waals surface area contributed by atoms with Gasteiger partial charge in [0.25, 0.3) is 0 Å². The average molecular weight is 316 g/mol. The fourth-order valence-electron chi connectivity index (χ4n) is 2.69. The van der Waals surface area contributed by atoms with Crippen LogP contribution in [0.2, 0.25) is 5.02 Å². The van der Waals surface area contributed by atoms with Crippen molar-refractivity contribution >= 4 is 22.6 Å². The molecule has 5 heteroatoms. The van der Waals surface area contributed by atoms with Crippen molar-refractivity contribution in [2.45, 2.75) is 33.1 Å². The maximum atomic E-state index is 10.8. The second kappa shape index (κ2) is 4.99. The molecule has 22 heavy (non-hydrogen) atoms. The molecule has 0 radical (unpaired) electrons. The maximum absolute atomic E-state index is 10.8. The van der Waals surface area contributed by atoms with E-state index in [9.17, 15) is 5.11 Å². The van der Waals surface area contributed by atoms with E-state index in [1.807, 2.05) is 25.1 Å². The minimum absolute atomic E-state index is 0.172. The predicted molar refractivity (Wildman–Crippen MR) is 89.4 cm³/mol. The lowest BCUT2D eigenvalue weighted by atomic mass is 9.83. The van der Waals surface area contributed by atoms with Crippen LogP contribution >= 0.6 is 11.6 Å². The molecule has 1 heterocycles. The minimum Gasteiger partial charge on any atom is -0.507 e. The summed E-state index contributed by atoms with van der Waals surface area (Å²) in [6, 6.07) is 7.53. The van der Waals surface area contributed by atoms with Crippen LogP contribution in [0.3, 0.4) is 0 Å². The third-order valence-electron chi connectivity index (χ3n) is 3.77. The van der Waals surface area contributed by atoms with E-state index in [0.29, 0.717) is 21.7 Å². The highest BCUT2D eigenvalue weighted by Crippen LogP contribution is 2.43. The molecule has 0 saturated heterocycles. The second-order valence-electron chi connectivity index (χ2n) is 6.57. The van der Waals surface area contributed by atoms with Crippen molar-refractivity contribution in [1.29, 1.82) is 0 Å². The van der Waals surface area contributed by atoms with E-state index >= 15 is 0 Å². The van der Waals surface area contributed by atoms with E-state index in [1.54, 1.807) is 6.07 Å². The molecule has 0 aliphatic heterocycles. The molecule has 0 aliphatic rings. The molecule has 2 N–H and O–H groups in total. The van der Waals surface area contributed by atoms with Gasteiger partial charge < -0.3 is 5.11 Å². The smallest absolute Gasteiger partial charge is 0.127 e. The van der Waals surface area contributed by atoms with E-state index < -0.39 is 0 Å². The van der Waals surface area contributed by atoms with Crippen LogP contribution in [0.1, 0.15) is 31.9 Å². The lowest BCUT2D eigenvalue weighted by Gasteiger charge is -2.23. The number of aromatic amines is 1. The monoisotopic (exact) mass is 315 g/mol. The van der Waals surface area contributed by atoms with Gasteiger partial charge in [-0.2, -0.15) is 15.4 Å². The van der Waals surface area contributed by atoms with Crippen LogP contribution in [0.25, 0.3) is 22.2 Å². The Hall–Kier alpha value is -2.07. The first kappa shape index (κ1) is 14.9. The largest absolute Gasteiger partial charge is 0.507 e. The molecule has 3 aromatic rings. The molecule has 0 fully saturated rings. The number of halogens is 1. The first-order valence-electron chi connectivity index (χ1n) is 7.12. The summed E-state index contributed by atoms with van der Waals surface area (Å²) in [5, 5.41) is 22.2. The van der Waals surface area contributed by atoms with E-state index in [4.69, 9.17) is 11.6 Å². The van der Waals surface area contributed by atoms with Gasteiger partial charge in [0.15, 0.2) is 0 Å². The Morgan fingerprint density at radius 1 is 1.14 bits per heavy atom. The quantitative estimate of drug-likeness (QED) is 0.690. The SMILES string of the molecule is Cc1cc(-c2c(Cl)ccc3n[nH]nc23)c(O)c(C(C)(C)C)c1. The zero-order chi connectivity index (χ0) is 16.1. The molecular formula is C17H18ClN3O. The molecule has 0 aliphatic carbocycles. The van der Waals surface area contributed by atoms with Crippen molar-refractivity contribution in [3.05, 3.63) is 40.4 Å². The summed E-state index contributed by atoms with van der Waals surface area (Å²) in [6.07, 6.45) is 0. The molecule has 0 unspecified atom stereocenters. The van der Waals surface area contributed by atoms with Gasteiger partial charge >= 0.3 is 0 Å². The summed E-state index contributed by atoms with van der Waals surface area (Å²) >= 11 is 6.39. The number of fused-ring (bicyclic) bond motifs is 1. The number of hydrogen-bond acceptors (Lipinski definition) is 3. The number of nitrogens with zero attached hydrogens (tertiary/aromatic N) is 2. The Kier molecular flexibility index (Phi) is 3.37. The number of aryl methyl sites for hydroxylation is 1. The summed E-state index contributed by atoms with van der Waals surface area (Å²) < 4.78 is 0. The first-order valence-corrected chi connectivity index (χ1v) is 7.50. The number of H-pyrrole nitrogens is 1. The molecule has 4 nitrogen and oxygen atoms in total. The Labute approximate surface area is 134 Å². The topological polar surface area (TPSA) is 61.8 Å². The molecule has 2 aromatic carbocycles. The van der Waals surface area contributed by atoms with Crippen LogP contribution in [-0.2, 0) is 5.41 Å². The van der Waals surface area contributed by atoms with Crippen LogP contribution in [0, 0.1) is 6.92 Å². The van der Waals surface area contributed by atoms with E-state index in [-0.39, 0.29) is 11.2 Å². The second-order valence-corrected chi connectivity index (χ2v) is 6.98. The van der Waals surface area contributed by atoms with E-state index in [0.717, 1.165) is 16.6 Å². The number of rotatable bonds is 1. The van der Waals surface area contributed by atoms with Crippen LogP contribution in [0.4, 0.5) is 0 Å². The highest BCUT2D eigenvalue weighted by Gasteiger charge is 2.23. The highest BCUT2D eigenvalue weighted by molar-refractivity contribution is 6.35. The molecular weight excluding hydrogens is 298 g/mol. The average Bonchev–Trinajstić information content (AvgIpc) is 2.88. The molecule has 3 rings (SSSR count). The van der Waals surface area contributed by atoms with Crippen molar-refractivity contribution in [1.82, 2.24) is 15.4 Å². The van der Waals surface area contributed by atoms with Gasteiger partial charge in [-0.3, -0.25) is 0 Å². The van der Waals surface area contributed by atoms with Gasteiger partial charge in [0, 0.05) is 16.7 Å². The van der Waals surface area contributed by atoms with Crippen LogP contribution in [0.15, 0.2) is 24.3 Å². The summed E-state index contributed by atoms with van der Waals surface area (Å²) in [6.45, 7) is 8.23. The number of benzene rings is 2. The summed E-state index contributed by atoms with van der Waals surface area (Å²) in [4.78, 5) is 0. The first-order chi connectivity index (χ1) is 10.3. The zero-order valence-corrected chi connectivity index (χ0v) is 13.8. The highest BCUT2D eigenvalue weighted by atomic mass is 35.5. The van der Waals surface area contributed by atoms with Crippen molar-refractivity contribution < 1.29 is 5.11 Å². The van der Waals surface area contributed by atoms with Crippen molar-refractivity contribution in [2.24, 2.45) is 0 Å². The normalized spacial score (nSPS) is 12.0. The predicted octanol–water partition coefficient (Wildman–Crippen LogP) is 4.59. The van der Waals surface area contributed by atoms with Crippen molar-refractivity contribution in [3.63, 3.8) is 0 Å². The number of phenols is 1. The molecule has 0 saturated carbocycles. The van der Waals surface area contributed by atoms with E-state index in [2.05, 4.69) is 36.2 Å². The maximum Gasteiger partial charge on any atom is 0.127 e. The summed E-state index contributed by atoms with van der Waals surface area (Å²) in [5.41, 5.74) is 4.56. The van der Waals surface area contributed by atoms with E-state index in [1.165, 1.54) is 0 Å². The number of aromatic hydroxyl groups is 1. The van der Waals surface area contributed by atoms with Gasteiger partial charge in [0.1, 0.15) is 16.8 Å². The minimum atomic E-state index is -0.172. The third-order valence-corrected chi connectivity index (χ3v) is 4.08. The van der Waals surface area contributed by atoms with Crippen LogP contribution < -0.4 is 0 Å². The molecule has 0 bridgehead atoms. The standard InChI is InChI=1S/C17H18ClN3O/c1-9-7-10(16(22)11(8-9)17(2,3)4)14-12(18)5-6-13-15(14)20-21-19-13/h5-8,22H,1-4H3,(H,19,20,21). The summed E-state index contributed by atoms with van der Waals surface area (Å²) in [5.74, 6) is 0.246. The van der Waals surface area contributed by atoms with Gasteiger partial charge in [-0.05, 0) is 36.1 Å². The van der Waals surface area contributed by atoms with Crippen molar-refractivity contribution in [3.8, 4) is 16.9 Å². The lowest BCUT2D eigenvalue weighted by molar-refractivity contribution is 0.448. The van der Waals surface area contributed by atoms with Gasteiger partial charge in [-0.25, -0.2) is 0 Å². The molecule has 1 aromatic heterocycles. The van der Waals surface area contributed by atoms with Crippen LogP contribution in [0.5, 0.6) is 5.75 Å². The zero-order valence-electron chi connectivity index (χ0n) is 13.0. The molecule has 0 atom stereocenters. The van der Waals surface area contributed by atoms with Crippen LogP contribution in [-0.4, -0.2) is 20.5 Å². The fourth-order valence-corrected chi connectivity index (χ4v) is 2.94. The Balaban J connectivity index is 2.39. The number of phenolic OH excluding ortho intramolecular Hbond substituents is 1. The molecule has 0 spiro atoms. The van der Waals surface area contributed by atoms with Gasteiger partial charge in [-0.1, -0.05) is 38.4 Å². The number of aromatic nitrogens is 3. The summed E-state index contributed by atoms with van der Waals surface area (Å²) in [7, 11) is 0. The van der Waals surface area contributed by atoms with Crippen molar-refractivity contribution in [2.75, 3.05) is 0 Å². The van der Waals surface area contributed by atoms with Gasteiger partial charge in [0.2, 0.25) is 0 Å². The molecule has 0 amide bonds. The number of hydrogen-bond donors (Lipinski definition) is 2. The lowest BCUT2D eigenvalue weighted by Crippen LogP contribution is -2.12. The Bertz CT molecular complexity index is 862. The van der Waals surface area contributed by atoms with Gasteiger partial charge in [-0.15, -0.1) is 0 Å².